The Morgan fingerprint density at radius 2 is 1.83 bits per heavy atom. The van der Waals surface area contributed by atoms with Gasteiger partial charge in [-0.3, -0.25) is 9.52 Å². The predicted octanol–water partition coefficient (Wildman–Crippen LogP) is 2.25. The minimum absolute atomic E-state index is 0.00514. The Hall–Kier alpha value is -2.38. The number of hydrogen-bond donors (Lipinski definition) is 2. The van der Waals surface area contributed by atoms with Crippen molar-refractivity contribution in [3.8, 4) is 5.75 Å². The first-order valence-electron chi connectivity index (χ1n) is 11.1. The summed E-state index contributed by atoms with van der Waals surface area (Å²) < 4.78 is 59.4. The number of aliphatic hydroxyl groups is 1. The Morgan fingerprint density at radius 3 is 2.42 bits per heavy atom. The normalized spacial score (nSPS) is 19.8. The van der Waals surface area contributed by atoms with Gasteiger partial charge in [-0.2, -0.15) is 0 Å². The van der Waals surface area contributed by atoms with Crippen LogP contribution in [0.1, 0.15) is 24.2 Å². The number of halogens is 1. The van der Waals surface area contributed by atoms with E-state index in [2.05, 4.69) is 4.72 Å². The van der Waals surface area contributed by atoms with Gasteiger partial charge in [-0.05, 0) is 49.4 Å². The number of ether oxygens (including phenoxy) is 1. The molecule has 0 aromatic heterocycles. The molecular formula is C23H30ClN3O7S2. The first-order chi connectivity index (χ1) is 16.7. The number of sulfonamides is 2. The van der Waals surface area contributed by atoms with Gasteiger partial charge in [-0.15, -0.1) is 0 Å². The van der Waals surface area contributed by atoms with Crippen LogP contribution in [-0.2, 0) is 20.0 Å². The fourth-order valence-electron chi connectivity index (χ4n) is 3.72. The van der Waals surface area contributed by atoms with Crippen LogP contribution in [0.3, 0.4) is 0 Å². The third-order valence-corrected chi connectivity index (χ3v) is 8.97. The maximum absolute atomic E-state index is 13.5. The molecule has 2 aromatic rings. The zero-order valence-corrected chi connectivity index (χ0v) is 22.8. The lowest BCUT2D eigenvalue weighted by molar-refractivity contribution is 0.0387. The third-order valence-electron chi connectivity index (χ3n) is 6.04. The first kappa shape index (κ1) is 28.2. The second-order valence-corrected chi connectivity index (χ2v) is 13.1. The molecule has 198 valence electrons. The van der Waals surface area contributed by atoms with Crippen molar-refractivity contribution in [1.29, 1.82) is 0 Å². The van der Waals surface area contributed by atoms with Crippen LogP contribution in [0.25, 0.3) is 0 Å². The summed E-state index contributed by atoms with van der Waals surface area (Å²) in [5.74, 6) is -0.535. The Labute approximate surface area is 216 Å². The fourth-order valence-corrected chi connectivity index (χ4v) is 5.31. The van der Waals surface area contributed by atoms with E-state index < -0.39 is 38.1 Å². The number of carbonyl (C=O) groups is 1. The van der Waals surface area contributed by atoms with Crippen LogP contribution >= 0.6 is 11.6 Å². The predicted molar refractivity (Wildman–Crippen MR) is 137 cm³/mol. The van der Waals surface area contributed by atoms with Crippen LogP contribution < -0.4 is 9.46 Å². The average molecular weight is 560 g/mol. The zero-order valence-electron chi connectivity index (χ0n) is 20.4. The molecule has 0 radical (unpaired) electrons. The molecule has 13 heteroatoms. The van der Waals surface area contributed by atoms with Crippen LogP contribution in [0.5, 0.6) is 5.75 Å². The van der Waals surface area contributed by atoms with Crippen molar-refractivity contribution in [3.63, 3.8) is 0 Å². The number of hydrogen-bond acceptors (Lipinski definition) is 7. The van der Waals surface area contributed by atoms with E-state index >= 15 is 0 Å². The van der Waals surface area contributed by atoms with Gasteiger partial charge in [-0.1, -0.05) is 18.5 Å². The summed E-state index contributed by atoms with van der Waals surface area (Å²) in [4.78, 5) is 15.0. The lowest BCUT2D eigenvalue weighted by Crippen LogP contribution is -2.50. The summed E-state index contributed by atoms with van der Waals surface area (Å²) in [6.45, 7) is 3.48. The van der Waals surface area contributed by atoms with Crippen LogP contribution in [-0.4, -0.2) is 82.2 Å². The largest absolute Gasteiger partial charge is 0.488 e. The summed E-state index contributed by atoms with van der Waals surface area (Å²) in [7, 11) is -6.00. The molecule has 0 fully saturated rings. The highest BCUT2D eigenvalue weighted by Gasteiger charge is 2.34. The van der Waals surface area contributed by atoms with Crippen LogP contribution in [0.4, 0.5) is 5.69 Å². The van der Waals surface area contributed by atoms with E-state index in [-0.39, 0.29) is 47.5 Å². The summed E-state index contributed by atoms with van der Waals surface area (Å²) in [6.07, 6.45) is 0.485. The van der Waals surface area contributed by atoms with Crippen molar-refractivity contribution >= 4 is 43.2 Å². The zero-order chi connectivity index (χ0) is 26.8. The standard InChI is InChI=1S/C23H30ClN3O7S2/c1-15-12-27(16(2)14-28)23(29)20-11-18(25-36(32,33)19-8-5-17(24)6-9-19)7-10-21(20)34-22(15)13-26(3)35(4,30)31/h5-11,15-16,22,25,28H,12-14H2,1-4H3/t15-,16+,22-/m0/s1. The fraction of sp³-hybridized carbons (Fsp3) is 0.435. The monoisotopic (exact) mass is 559 g/mol. The smallest absolute Gasteiger partial charge is 0.261 e. The summed E-state index contributed by atoms with van der Waals surface area (Å²) in [6, 6.07) is 9.41. The maximum Gasteiger partial charge on any atom is 0.261 e. The van der Waals surface area contributed by atoms with E-state index in [0.29, 0.717) is 5.02 Å². The van der Waals surface area contributed by atoms with Crippen molar-refractivity contribution in [2.75, 3.05) is 37.7 Å². The minimum Gasteiger partial charge on any atom is -0.488 e. The number of nitrogens with zero attached hydrogens (tertiary/aromatic N) is 2. The van der Waals surface area contributed by atoms with Crippen molar-refractivity contribution in [2.24, 2.45) is 5.92 Å². The Balaban J connectivity index is 2.01. The maximum atomic E-state index is 13.5. The molecule has 2 aromatic carbocycles. The molecule has 0 bridgehead atoms. The number of fused-ring (bicyclic) bond motifs is 1. The van der Waals surface area contributed by atoms with Crippen molar-refractivity contribution < 1.29 is 31.5 Å². The molecule has 0 unspecified atom stereocenters. The van der Waals surface area contributed by atoms with Gasteiger partial charge in [-0.25, -0.2) is 21.1 Å². The molecule has 1 heterocycles. The topological polar surface area (TPSA) is 133 Å². The number of nitrogens with one attached hydrogen (secondary N) is 1. The van der Waals surface area contributed by atoms with E-state index in [1.165, 1.54) is 58.7 Å². The van der Waals surface area contributed by atoms with E-state index in [0.717, 1.165) is 6.26 Å². The minimum atomic E-state index is -3.96. The molecule has 0 saturated heterocycles. The van der Waals surface area contributed by atoms with Gasteiger partial charge in [0.2, 0.25) is 10.0 Å². The van der Waals surface area contributed by atoms with E-state index in [1.807, 2.05) is 6.92 Å². The number of carbonyl (C=O) groups excluding carboxylic acids is 1. The second kappa shape index (κ2) is 10.9. The molecule has 1 amide bonds. The average Bonchev–Trinajstić information content (AvgIpc) is 2.80. The summed E-state index contributed by atoms with van der Waals surface area (Å²) in [5.41, 5.74) is 0.223. The lowest BCUT2D eigenvalue weighted by Gasteiger charge is -2.38. The molecule has 2 N–H and O–H groups in total. The number of anilines is 1. The first-order valence-corrected chi connectivity index (χ1v) is 14.9. The molecule has 10 nitrogen and oxygen atoms in total. The molecule has 1 aliphatic heterocycles. The van der Waals surface area contributed by atoms with Crippen LogP contribution in [0.2, 0.25) is 5.02 Å². The van der Waals surface area contributed by atoms with Crippen LogP contribution in [0, 0.1) is 5.92 Å². The van der Waals surface area contributed by atoms with Crippen molar-refractivity contribution in [2.45, 2.75) is 30.9 Å². The van der Waals surface area contributed by atoms with Gasteiger partial charge in [0.15, 0.2) is 0 Å². The Morgan fingerprint density at radius 1 is 1.19 bits per heavy atom. The SMILES string of the molecule is C[C@H](CO)N1C[C@H](C)[C@H](CN(C)S(C)(=O)=O)Oc2ccc(NS(=O)(=O)c3ccc(Cl)cc3)cc2C1=O. The molecule has 36 heavy (non-hydrogen) atoms. The van der Waals surface area contributed by atoms with Gasteiger partial charge in [0.25, 0.3) is 15.9 Å². The Kier molecular flexibility index (Phi) is 8.56. The van der Waals surface area contributed by atoms with E-state index in [4.69, 9.17) is 16.3 Å². The van der Waals surface area contributed by atoms with Gasteiger partial charge < -0.3 is 14.7 Å². The number of aliphatic hydroxyl groups excluding tert-OH is 1. The highest BCUT2D eigenvalue weighted by atomic mass is 35.5. The number of likely N-dealkylation sites (N-methyl/N-ethyl adjacent to an activating group) is 1. The lowest BCUT2D eigenvalue weighted by atomic mass is 9.99. The summed E-state index contributed by atoms with van der Waals surface area (Å²) >= 11 is 5.85. The number of amides is 1. The van der Waals surface area contributed by atoms with Gasteiger partial charge >= 0.3 is 0 Å². The van der Waals surface area contributed by atoms with Gasteiger partial charge in [0.05, 0.1) is 35.9 Å². The van der Waals surface area contributed by atoms with Gasteiger partial charge in [0.1, 0.15) is 11.9 Å². The second-order valence-electron chi connectivity index (χ2n) is 8.94. The molecular weight excluding hydrogens is 530 g/mol. The molecule has 3 rings (SSSR count). The van der Waals surface area contributed by atoms with Crippen molar-refractivity contribution in [3.05, 3.63) is 53.1 Å². The van der Waals surface area contributed by atoms with Crippen molar-refractivity contribution in [1.82, 2.24) is 9.21 Å². The number of rotatable bonds is 8. The molecule has 1 aliphatic rings. The molecule has 0 aliphatic carbocycles. The Bertz CT molecular complexity index is 1320. The van der Waals surface area contributed by atoms with Crippen LogP contribution in [0.15, 0.2) is 47.4 Å². The molecule has 0 spiro atoms. The number of benzene rings is 2. The van der Waals surface area contributed by atoms with E-state index in [9.17, 15) is 26.7 Å². The molecule has 3 atom stereocenters. The molecule has 0 saturated carbocycles. The summed E-state index contributed by atoms with van der Waals surface area (Å²) in [5, 5.41) is 10.1. The third kappa shape index (κ3) is 6.48. The highest BCUT2D eigenvalue weighted by molar-refractivity contribution is 7.92. The van der Waals surface area contributed by atoms with Gasteiger partial charge in [0, 0.05) is 30.2 Å². The van der Waals surface area contributed by atoms with E-state index in [1.54, 1.807) is 6.92 Å². The quantitative estimate of drug-likeness (QED) is 0.506. The highest BCUT2D eigenvalue weighted by Crippen LogP contribution is 2.31.